The van der Waals surface area contributed by atoms with Gasteiger partial charge in [-0.1, -0.05) is 40.9 Å². The molecule has 23 heavy (non-hydrogen) atoms. The molecule has 0 spiro atoms. The highest BCUT2D eigenvalue weighted by Crippen LogP contribution is 2.41. The van der Waals surface area contributed by atoms with Crippen LogP contribution in [0, 0.1) is 0 Å². The van der Waals surface area contributed by atoms with E-state index in [0.717, 1.165) is 35.7 Å². The van der Waals surface area contributed by atoms with E-state index in [4.69, 9.17) is 0 Å². The first-order valence-electron chi connectivity index (χ1n) is 8.08. The lowest BCUT2D eigenvalue weighted by atomic mass is 9.78. The van der Waals surface area contributed by atoms with E-state index >= 15 is 0 Å². The number of hydrogen-bond donors (Lipinski definition) is 2. The van der Waals surface area contributed by atoms with Crippen LogP contribution in [0.2, 0.25) is 0 Å². The molecule has 0 aliphatic heterocycles. The minimum absolute atomic E-state index is 0.0222. The summed E-state index contributed by atoms with van der Waals surface area (Å²) in [5, 5.41) is 5.70. The van der Waals surface area contributed by atoms with Gasteiger partial charge in [0.15, 0.2) is 0 Å². The van der Waals surface area contributed by atoms with Gasteiger partial charge in [-0.05, 0) is 51.3 Å². The Bertz CT molecular complexity index is 570. The van der Waals surface area contributed by atoms with Gasteiger partial charge in [-0.2, -0.15) is 0 Å². The van der Waals surface area contributed by atoms with E-state index in [1.807, 2.05) is 45.0 Å². The normalized spacial score (nSPS) is 16.9. The van der Waals surface area contributed by atoms with Crippen molar-refractivity contribution in [2.24, 2.45) is 0 Å². The maximum Gasteiger partial charge on any atom is 0.239 e. The van der Waals surface area contributed by atoms with Crippen LogP contribution in [0.5, 0.6) is 0 Å². The number of nitrogens with one attached hydrogen (secondary N) is 2. The van der Waals surface area contributed by atoms with Crippen LogP contribution in [0.4, 0.5) is 0 Å². The molecule has 0 atom stereocenters. The lowest BCUT2D eigenvalue weighted by Crippen LogP contribution is -2.49. The van der Waals surface area contributed by atoms with Crippen molar-refractivity contribution >= 4 is 27.7 Å². The highest BCUT2D eigenvalue weighted by atomic mass is 79.9. The smallest absolute Gasteiger partial charge is 0.239 e. The number of carbonyl (C=O) groups excluding carboxylic acids is 2. The summed E-state index contributed by atoms with van der Waals surface area (Å²) < 4.78 is 0.999. The summed E-state index contributed by atoms with van der Waals surface area (Å²) in [7, 11) is 0. The zero-order chi connectivity index (χ0) is 17.1. The minimum atomic E-state index is -0.497. The van der Waals surface area contributed by atoms with Crippen molar-refractivity contribution in [3.63, 3.8) is 0 Å². The molecule has 2 rings (SSSR count). The molecule has 4 nitrogen and oxygen atoms in total. The minimum Gasteiger partial charge on any atom is -0.350 e. The lowest BCUT2D eigenvalue weighted by Gasteiger charge is -2.29. The van der Waals surface area contributed by atoms with Crippen molar-refractivity contribution in [3.05, 3.63) is 34.3 Å². The standard InChI is InChI=1S/C18H25BrN2O2/c1-17(2,3)21-15(22)12-20-16(23)18(10-4-5-11-18)13-6-8-14(19)9-7-13/h6-9H,4-5,10-12H2,1-3H3,(H,20,23)(H,21,22). The summed E-state index contributed by atoms with van der Waals surface area (Å²) in [5.41, 5.74) is 0.244. The fourth-order valence-corrected chi connectivity index (χ4v) is 3.45. The summed E-state index contributed by atoms with van der Waals surface area (Å²) in [6.07, 6.45) is 3.75. The molecular formula is C18H25BrN2O2. The summed E-state index contributed by atoms with van der Waals surface area (Å²) in [6.45, 7) is 5.79. The van der Waals surface area contributed by atoms with E-state index in [-0.39, 0.29) is 23.9 Å². The molecular weight excluding hydrogens is 356 g/mol. The molecule has 1 aromatic carbocycles. The summed E-state index contributed by atoms with van der Waals surface area (Å²) in [6, 6.07) is 7.94. The van der Waals surface area contributed by atoms with Crippen molar-refractivity contribution < 1.29 is 9.59 Å². The number of rotatable bonds is 4. The van der Waals surface area contributed by atoms with Crippen molar-refractivity contribution in [3.8, 4) is 0 Å². The van der Waals surface area contributed by atoms with Gasteiger partial charge in [0.25, 0.3) is 0 Å². The predicted octanol–water partition coefficient (Wildman–Crippen LogP) is 3.29. The second-order valence-corrected chi connectivity index (χ2v) is 8.19. The number of hydrogen-bond acceptors (Lipinski definition) is 2. The molecule has 0 unspecified atom stereocenters. The highest BCUT2D eigenvalue weighted by molar-refractivity contribution is 9.10. The van der Waals surface area contributed by atoms with Crippen LogP contribution in [-0.4, -0.2) is 23.9 Å². The van der Waals surface area contributed by atoms with E-state index < -0.39 is 5.41 Å². The highest BCUT2D eigenvalue weighted by Gasteiger charge is 2.42. The van der Waals surface area contributed by atoms with Gasteiger partial charge in [0, 0.05) is 10.0 Å². The van der Waals surface area contributed by atoms with Crippen molar-refractivity contribution in [2.75, 3.05) is 6.54 Å². The van der Waals surface area contributed by atoms with Gasteiger partial charge in [0.2, 0.25) is 11.8 Å². The second kappa shape index (κ2) is 7.04. The molecule has 1 aromatic rings. The molecule has 1 aliphatic rings. The molecule has 0 radical (unpaired) electrons. The van der Waals surface area contributed by atoms with E-state index in [9.17, 15) is 9.59 Å². The first kappa shape index (κ1) is 18.0. The molecule has 1 fully saturated rings. The average Bonchev–Trinajstić information content (AvgIpc) is 2.94. The van der Waals surface area contributed by atoms with Crippen LogP contribution in [0.25, 0.3) is 0 Å². The van der Waals surface area contributed by atoms with Crippen LogP contribution in [0.3, 0.4) is 0 Å². The number of carbonyl (C=O) groups is 2. The van der Waals surface area contributed by atoms with E-state index in [2.05, 4.69) is 26.6 Å². The largest absolute Gasteiger partial charge is 0.350 e. The third kappa shape index (κ3) is 4.56. The number of benzene rings is 1. The molecule has 1 saturated carbocycles. The first-order chi connectivity index (χ1) is 10.7. The summed E-state index contributed by atoms with van der Waals surface area (Å²) >= 11 is 3.43. The Labute approximate surface area is 146 Å². The Morgan fingerprint density at radius 1 is 1.13 bits per heavy atom. The monoisotopic (exact) mass is 380 g/mol. The number of halogens is 1. The van der Waals surface area contributed by atoms with Crippen LogP contribution >= 0.6 is 15.9 Å². The van der Waals surface area contributed by atoms with Gasteiger partial charge in [0.1, 0.15) is 0 Å². The van der Waals surface area contributed by atoms with Gasteiger partial charge in [-0.25, -0.2) is 0 Å². The first-order valence-corrected chi connectivity index (χ1v) is 8.88. The van der Waals surface area contributed by atoms with Crippen LogP contribution < -0.4 is 10.6 Å². The second-order valence-electron chi connectivity index (χ2n) is 7.28. The van der Waals surface area contributed by atoms with Gasteiger partial charge < -0.3 is 10.6 Å². The molecule has 126 valence electrons. The molecule has 2 N–H and O–H groups in total. The van der Waals surface area contributed by atoms with E-state index in [1.165, 1.54) is 0 Å². The Morgan fingerprint density at radius 3 is 2.22 bits per heavy atom. The molecule has 0 heterocycles. The summed E-state index contributed by atoms with van der Waals surface area (Å²) in [4.78, 5) is 24.8. The van der Waals surface area contributed by atoms with Crippen LogP contribution in [-0.2, 0) is 15.0 Å². The SMILES string of the molecule is CC(C)(C)NC(=O)CNC(=O)C1(c2ccc(Br)cc2)CCCC1. The third-order valence-corrected chi connectivity index (χ3v) is 4.74. The van der Waals surface area contributed by atoms with Gasteiger partial charge in [-0.15, -0.1) is 0 Å². The number of amides is 2. The third-order valence-electron chi connectivity index (χ3n) is 4.21. The van der Waals surface area contributed by atoms with Gasteiger partial charge in [-0.3, -0.25) is 9.59 Å². The van der Waals surface area contributed by atoms with E-state index in [1.54, 1.807) is 0 Å². The molecule has 1 aliphatic carbocycles. The Morgan fingerprint density at radius 2 is 1.70 bits per heavy atom. The van der Waals surface area contributed by atoms with Gasteiger partial charge in [0.05, 0.1) is 12.0 Å². The average molecular weight is 381 g/mol. The predicted molar refractivity (Wildman–Crippen MR) is 95.2 cm³/mol. The van der Waals surface area contributed by atoms with Crippen LogP contribution in [0.1, 0.15) is 52.0 Å². The summed E-state index contributed by atoms with van der Waals surface area (Å²) in [5.74, 6) is -0.198. The molecule has 0 aromatic heterocycles. The fraction of sp³-hybridized carbons (Fsp3) is 0.556. The van der Waals surface area contributed by atoms with Crippen LogP contribution in [0.15, 0.2) is 28.7 Å². The topological polar surface area (TPSA) is 58.2 Å². The Kier molecular flexibility index (Phi) is 5.50. The van der Waals surface area contributed by atoms with E-state index in [0.29, 0.717) is 0 Å². The van der Waals surface area contributed by atoms with Crippen molar-refractivity contribution in [1.82, 2.24) is 10.6 Å². The zero-order valence-electron chi connectivity index (χ0n) is 14.0. The molecule has 0 bridgehead atoms. The molecule has 5 heteroatoms. The van der Waals surface area contributed by atoms with Crippen molar-refractivity contribution in [2.45, 2.75) is 57.4 Å². The molecule has 0 saturated heterocycles. The Hall–Kier alpha value is -1.36. The lowest BCUT2D eigenvalue weighted by molar-refractivity contribution is -0.130. The molecule has 2 amide bonds. The quantitative estimate of drug-likeness (QED) is 0.841. The maximum atomic E-state index is 12.8. The zero-order valence-corrected chi connectivity index (χ0v) is 15.6. The van der Waals surface area contributed by atoms with Gasteiger partial charge >= 0.3 is 0 Å². The maximum absolute atomic E-state index is 12.8. The Balaban J connectivity index is 2.07. The van der Waals surface area contributed by atoms with Crippen molar-refractivity contribution in [1.29, 1.82) is 0 Å². The fourth-order valence-electron chi connectivity index (χ4n) is 3.19.